The number of aryl methyl sites for hydroxylation is 2. The fourth-order valence-electron chi connectivity index (χ4n) is 3.33. The van der Waals surface area contributed by atoms with Gasteiger partial charge in [0.05, 0.1) is 27.2 Å². The SMILES string of the molecule is Cc1cccc(C)c1-n1c(SCC(=O)Nc2cccc(Cl)c2Cl)nnc1-c1ccncc1. The largest absolute Gasteiger partial charge is 0.324 e. The summed E-state index contributed by atoms with van der Waals surface area (Å²) >= 11 is 13.5. The number of thioether (sulfide) groups is 1. The number of benzene rings is 2. The van der Waals surface area contributed by atoms with Crippen LogP contribution in [0.3, 0.4) is 0 Å². The number of aromatic nitrogens is 4. The number of rotatable bonds is 6. The summed E-state index contributed by atoms with van der Waals surface area (Å²) in [5.41, 5.74) is 4.51. The monoisotopic (exact) mass is 483 g/mol. The van der Waals surface area contributed by atoms with Crippen LogP contribution in [0.1, 0.15) is 11.1 Å². The molecule has 0 unspecified atom stereocenters. The van der Waals surface area contributed by atoms with Gasteiger partial charge in [-0.25, -0.2) is 0 Å². The van der Waals surface area contributed by atoms with Crippen molar-refractivity contribution in [2.45, 2.75) is 19.0 Å². The van der Waals surface area contributed by atoms with E-state index in [1.54, 1.807) is 30.6 Å². The van der Waals surface area contributed by atoms with Crippen molar-refractivity contribution in [3.8, 4) is 17.1 Å². The van der Waals surface area contributed by atoms with E-state index in [-0.39, 0.29) is 11.7 Å². The van der Waals surface area contributed by atoms with E-state index in [1.807, 2.05) is 48.7 Å². The maximum atomic E-state index is 12.6. The molecule has 2 aromatic heterocycles. The molecule has 4 aromatic rings. The van der Waals surface area contributed by atoms with Gasteiger partial charge in [-0.2, -0.15) is 0 Å². The Morgan fingerprint density at radius 3 is 2.41 bits per heavy atom. The number of carbonyl (C=O) groups is 1. The highest BCUT2D eigenvalue weighted by molar-refractivity contribution is 7.99. The minimum absolute atomic E-state index is 0.127. The maximum absolute atomic E-state index is 12.6. The van der Waals surface area contributed by atoms with E-state index in [0.29, 0.717) is 26.7 Å². The number of anilines is 1. The smallest absolute Gasteiger partial charge is 0.234 e. The first-order chi connectivity index (χ1) is 15.5. The van der Waals surface area contributed by atoms with Crippen LogP contribution >= 0.6 is 35.0 Å². The molecule has 1 N–H and O–H groups in total. The molecule has 0 aliphatic heterocycles. The number of nitrogens with zero attached hydrogens (tertiary/aromatic N) is 4. The lowest BCUT2D eigenvalue weighted by molar-refractivity contribution is -0.113. The Morgan fingerprint density at radius 1 is 1.00 bits per heavy atom. The van der Waals surface area contributed by atoms with Crippen LogP contribution in [0.25, 0.3) is 17.1 Å². The third kappa shape index (κ3) is 4.65. The Balaban J connectivity index is 1.65. The first-order valence-electron chi connectivity index (χ1n) is 9.74. The van der Waals surface area contributed by atoms with Crippen molar-refractivity contribution in [3.63, 3.8) is 0 Å². The molecule has 0 spiro atoms. The second kappa shape index (κ2) is 9.73. The van der Waals surface area contributed by atoms with E-state index in [9.17, 15) is 4.79 Å². The second-order valence-electron chi connectivity index (χ2n) is 7.06. The van der Waals surface area contributed by atoms with Gasteiger partial charge in [0, 0.05) is 18.0 Å². The van der Waals surface area contributed by atoms with Crippen LogP contribution in [0.2, 0.25) is 10.0 Å². The summed E-state index contributed by atoms with van der Waals surface area (Å²) in [5.74, 6) is 0.591. The van der Waals surface area contributed by atoms with Gasteiger partial charge in [-0.15, -0.1) is 10.2 Å². The van der Waals surface area contributed by atoms with E-state index < -0.39 is 0 Å². The molecule has 162 valence electrons. The van der Waals surface area contributed by atoms with Crippen LogP contribution in [0, 0.1) is 13.8 Å². The number of halogens is 2. The Hall–Kier alpha value is -2.87. The summed E-state index contributed by atoms with van der Waals surface area (Å²) in [5, 5.41) is 12.9. The summed E-state index contributed by atoms with van der Waals surface area (Å²) in [6, 6.07) is 15.0. The number of carbonyl (C=O) groups excluding carboxylic acids is 1. The fraction of sp³-hybridized carbons (Fsp3) is 0.130. The van der Waals surface area contributed by atoms with E-state index >= 15 is 0 Å². The highest BCUT2D eigenvalue weighted by Crippen LogP contribution is 2.32. The molecule has 0 radical (unpaired) electrons. The third-order valence-electron chi connectivity index (χ3n) is 4.79. The first kappa shape index (κ1) is 22.3. The Morgan fingerprint density at radius 2 is 1.69 bits per heavy atom. The molecule has 0 aliphatic carbocycles. The molecular weight excluding hydrogens is 465 g/mol. The summed E-state index contributed by atoms with van der Waals surface area (Å²) in [4.78, 5) is 16.7. The Labute approximate surface area is 200 Å². The number of nitrogens with one attached hydrogen (secondary N) is 1. The molecule has 32 heavy (non-hydrogen) atoms. The van der Waals surface area contributed by atoms with Gasteiger partial charge in [-0.1, -0.05) is 59.2 Å². The Kier molecular flexibility index (Phi) is 6.79. The topological polar surface area (TPSA) is 72.7 Å². The minimum Gasteiger partial charge on any atom is -0.324 e. The van der Waals surface area contributed by atoms with Crippen molar-refractivity contribution >= 4 is 46.6 Å². The number of hydrogen-bond donors (Lipinski definition) is 1. The molecule has 9 heteroatoms. The summed E-state index contributed by atoms with van der Waals surface area (Å²) in [6.45, 7) is 4.09. The quantitative estimate of drug-likeness (QED) is 0.341. The van der Waals surface area contributed by atoms with Crippen molar-refractivity contribution in [2.75, 3.05) is 11.1 Å². The lowest BCUT2D eigenvalue weighted by Gasteiger charge is -2.15. The fourth-order valence-corrected chi connectivity index (χ4v) is 4.41. The summed E-state index contributed by atoms with van der Waals surface area (Å²) in [7, 11) is 0. The van der Waals surface area contributed by atoms with Gasteiger partial charge in [0.15, 0.2) is 11.0 Å². The van der Waals surface area contributed by atoms with Gasteiger partial charge in [-0.3, -0.25) is 14.3 Å². The molecule has 0 fully saturated rings. The molecule has 0 saturated carbocycles. The van der Waals surface area contributed by atoms with Gasteiger partial charge >= 0.3 is 0 Å². The number of amides is 1. The highest BCUT2D eigenvalue weighted by atomic mass is 35.5. The van der Waals surface area contributed by atoms with E-state index in [1.165, 1.54) is 11.8 Å². The zero-order valence-electron chi connectivity index (χ0n) is 17.3. The average molecular weight is 484 g/mol. The maximum Gasteiger partial charge on any atom is 0.234 e. The van der Waals surface area contributed by atoms with Crippen molar-refractivity contribution in [1.82, 2.24) is 19.7 Å². The summed E-state index contributed by atoms with van der Waals surface area (Å²) in [6.07, 6.45) is 3.43. The zero-order chi connectivity index (χ0) is 22.7. The minimum atomic E-state index is -0.222. The zero-order valence-corrected chi connectivity index (χ0v) is 19.7. The van der Waals surface area contributed by atoms with Crippen LogP contribution in [0.15, 0.2) is 66.1 Å². The first-order valence-corrected chi connectivity index (χ1v) is 11.5. The molecule has 0 bridgehead atoms. The van der Waals surface area contributed by atoms with Gasteiger partial charge in [0.1, 0.15) is 0 Å². The van der Waals surface area contributed by atoms with Gasteiger partial charge in [0.2, 0.25) is 5.91 Å². The number of para-hydroxylation sites is 1. The normalized spacial score (nSPS) is 10.9. The molecule has 6 nitrogen and oxygen atoms in total. The van der Waals surface area contributed by atoms with E-state index in [4.69, 9.17) is 23.2 Å². The third-order valence-corrected chi connectivity index (χ3v) is 6.54. The van der Waals surface area contributed by atoms with Crippen LogP contribution < -0.4 is 5.32 Å². The van der Waals surface area contributed by atoms with Crippen LogP contribution in [0.4, 0.5) is 5.69 Å². The lowest BCUT2D eigenvalue weighted by atomic mass is 10.1. The van der Waals surface area contributed by atoms with Gasteiger partial charge in [0.25, 0.3) is 0 Å². The van der Waals surface area contributed by atoms with Crippen molar-refractivity contribution in [2.24, 2.45) is 0 Å². The van der Waals surface area contributed by atoms with Crippen molar-refractivity contribution in [1.29, 1.82) is 0 Å². The van der Waals surface area contributed by atoms with E-state index in [0.717, 1.165) is 22.4 Å². The molecule has 0 aliphatic rings. The van der Waals surface area contributed by atoms with Crippen LogP contribution in [-0.4, -0.2) is 31.4 Å². The molecule has 0 saturated heterocycles. The molecule has 2 heterocycles. The van der Waals surface area contributed by atoms with Crippen molar-refractivity contribution < 1.29 is 4.79 Å². The Bertz CT molecular complexity index is 1260. The summed E-state index contributed by atoms with van der Waals surface area (Å²) < 4.78 is 1.99. The van der Waals surface area contributed by atoms with E-state index in [2.05, 4.69) is 20.5 Å². The average Bonchev–Trinajstić information content (AvgIpc) is 3.19. The molecule has 4 rings (SSSR count). The van der Waals surface area contributed by atoms with Crippen LogP contribution in [-0.2, 0) is 4.79 Å². The predicted octanol–water partition coefficient (Wildman–Crippen LogP) is 5.98. The lowest BCUT2D eigenvalue weighted by Crippen LogP contribution is -2.15. The number of hydrogen-bond acceptors (Lipinski definition) is 5. The molecular formula is C23H19Cl2N5OS. The standard InChI is InChI=1S/C23H19Cl2N5OS/c1-14-5-3-6-15(2)21(14)30-22(16-9-11-26-12-10-16)28-29-23(30)32-13-19(31)27-18-8-4-7-17(24)20(18)25/h3-12H,13H2,1-2H3,(H,27,31). The van der Waals surface area contributed by atoms with Gasteiger partial charge in [-0.05, 0) is 49.2 Å². The number of pyridine rings is 1. The molecule has 1 amide bonds. The van der Waals surface area contributed by atoms with Gasteiger partial charge < -0.3 is 5.32 Å². The molecule has 0 atom stereocenters. The molecule has 2 aromatic carbocycles. The highest BCUT2D eigenvalue weighted by Gasteiger charge is 2.20. The van der Waals surface area contributed by atoms with Crippen molar-refractivity contribution in [3.05, 3.63) is 82.1 Å². The predicted molar refractivity (Wildman–Crippen MR) is 130 cm³/mol. The second-order valence-corrected chi connectivity index (χ2v) is 8.78. The van der Waals surface area contributed by atoms with Crippen LogP contribution in [0.5, 0.6) is 0 Å².